The van der Waals surface area contributed by atoms with Crippen molar-refractivity contribution in [3.05, 3.63) is 11.8 Å². The second-order valence-electron chi connectivity index (χ2n) is 5.79. The van der Waals surface area contributed by atoms with Gasteiger partial charge < -0.3 is 20.5 Å². The Morgan fingerprint density at radius 1 is 1.38 bits per heavy atom. The molecule has 0 atom stereocenters. The summed E-state index contributed by atoms with van der Waals surface area (Å²) in [6.45, 7) is 6.82. The molecule has 0 aromatic carbocycles. The monoisotopic (exact) mass is 299 g/mol. The number of urea groups is 1. The van der Waals surface area contributed by atoms with Gasteiger partial charge in [0.05, 0.1) is 13.2 Å². The Labute approximate surface area is 125 Å². The van der Waals surface area contributed by atoms with Gasteiger partial charge in [0.2, 0.25) is 0 Å². The fraction of sp³-hybridized carbons (Fsp3) is 0.714. The molecule has 1 rings (SSSR count). The maximum atomic E-state index is 12.1. The standard InChI is InChI=1S/C14H25N3O4/c1-14(2,3)21-13(19)17(7-6-15)12(18)16-10-11-4-8-20-9-5-11/h10H,4-9,15H2,1-3H3,(H,16,18). The highest BCUT2D eigenvalue weighted by Gasteiger charge is 2.26. The van der Waals surface area contributed by atoms with Crippen LogP contribution < -0.4 is 11.1 Å². The van der Waals surface area contributed by atoms with Gasteiger partial charge in [-0.1, -0.05) is 0 Å². The molecule has 0 spiro atoms. The Morgan fingerprint density at radius 2 is 2.00 bits per heavy atom. The second-order valence-corrected chi connectivity index (χ2v) is 5.79. The first-order valence-corrected chi connectivity index (χ1v) is 7.10. The van der Waals surface area contributed by atoms with E-state index in [1.807, 2.05) is 0 Å². The zero-order valence-electron chi connectivity index (χ0n) is 13.0. The summed E-state index contributed by atoms with van der Waals surface area (Å²) < 4.78 is 10.4. The number of hydrogen-bond acceptors (Lipinski definition) is 5. The van der Waals surface area contributed by atoms with Crippen LogP contribution in [0.3, 0.4) is 0 Å². The third kappa shape index (κ3) is 6.59. The van der Waals surface area contributed by atoms with Crippen molar-refractivity contribution < 1.29 is 19.1 Å². The van der Waals surface area contributed by atoms with Gasteiger partial charge in [0.25, 0.3) is 0 Å². The molecule has 1 aliphatic rings. The number of nitrogens with one attached hydrogen (secondary N) is 1. The topological polar surface area (TPSA) is 93.9 Å². The summed E-state index contributed by atoms with van der Waals surface area (Å²) in [6, 6.07) is -0.534. The smallest absolute Gasteiger partial charge is 0.418 e. The lowest BCUT2D eigenvalue weighted by Gasteiger charge is -2.25. The van der Waals surface area contributed by atoms with Crippen LogP contribution in [0.15, 0.2) is 11.8 Å². The zero-order valence-corrected chi connectivity index (χ0v) is 13.0. The minimum atomic E-state index is -0.698. The number of rotatable bonds is 3. The molecule has 3 N–H and O–H groups in total. The lowest BCUT2D eigenvalue weighted by molar-refractivity contribution is 0.0328. The molecule has 3 amide bonds. The number of ether oxygens (including phenoxy) is 2. The molecule has 0 aromatic heterocycles. The summed E-state index contributed by atoms with van der Waals surface area (Å²) >= 11 is 0. The number of hydrogen-bond donors (Lipinski definition) is 2. The highest BCUT2D eigenvalue weighted by Crippen LogP contribution is 2.12. The van der Waals surface area contributed by atoms with Crippen molar-refractivity contribution in [3.8, 4) is 0 Å². The molecule has 0 saturated carbocycles. The van der Waals surface area contributed by atoms with Crippen LogP contribution in [-0.4, -0.2) is 48.9 Å². The van der Waals surface area contributed by atoms with Gasteiger partial charge in [0, 0.05) is 19.3 Å². The number of amides is 3. The fourth-order valence-electron chi connectivity index (χ4n) is 1.74. The Kier molecular flexibility index (Phi) is 6.64. The van der Waals surface area contributed by atoms with Gasteiger partial charge in [-0.25, -0.2) is 14.5 Å². The summed E-state index contributed by atoms with van der Waals surface area (Å²) in [5.41, 5.74) is 5.87. The molecule has 1 aliphatic heterocycles. The van der Waals surface area contributed by atoms with E-state index < -0.39 is 17.7 Å². The molecule has 0 unspecified atom stereocenters. The summed E-state index contributed by atoms with van der Waals surface area (Å²) in [4.78, 5) is 25.0. The quantitative estimate of drug-likeness (QED) is 0.825. The van der Waals surface area contributed by atoms with Crippen molar-refractivity contribution in [2.24, 2.45) is 5.73 Å². The van der Waals surface area contributed by atoms with E-state index >= 15 is 0 Å². The molecule has 0 aliphatic carbocycles. The lowest BCUT2D eigenvalue weighted by Crippen LogP contribution is -2.46. The van der Waals surface area contributed by atoms with Crippen LogP contribution in [0.5, 0.6) is 0 Å². The number of imide groups is 1. The van der Waals surface area contributed by atoms with Crippen LogP contribution in [0, 0.1) is 0 Å². The van der Waals surface area contributed by atoms with E-state index in [-0.39, 0.29) is 13.1 Å². The maximum Gasteiger partial charge on any atom is 0.418 e. The minimum absolute atomic E-state index is 0.104. The SMILES string of the molecule is CC(C)(C)OC(=O)N(CCN)C(=O)NC=C1CCOCC1. The second kappa shape index (κ2) is 7.99. The highest BCUT2D eigenvalue weighted by atomic mass is 16.6. The van der Waals surface area contributed by atoms with Crippen molar-refractivity contribution in [1.29, 1.82) is 0 Å². The van der Waals surface area contributed by atoms with Gasteiger partial charge in [-0.05, 0) is 39.2 Å². The van der Waals surface area contributed by atoms with Crippen molar-refractivity contribution in [2.75, 3.05) is 26.3 Å². The summed E-state index contributed by atoms with van der Waals surface area (Å²) in [7, 11) is 0. The molecule has 7 heteroatoms. The first-order valence-electron chi connectivity index (χ1n) is 7.10. The molecule has 120 valence electrons. The minimum Gasteiger partial charge on any atom is -0.443 e. The summed E-state index contributed by atoms with van der Waals surface area (Å²) in [6.07, 6.45) is 2.50. The largest absolute Gasteiger partial charge is 0.443 e. The van der Waals surface area contributed by atoms with E-state index in [0.29, 0.717) is 13.2 Å². The van der Waals surface area contributed by atoms with Gasteiger partial charge in [0.1, 0.15) is 5.60 Å². The molecule has 21 heavy (non-hydrogen) atoms. The first-order chi connectivity index (χ1) is 9.83. The van der Waals surface area contributed by atoms with Crippen molar-refractivity contribution in [2.45, 2.75) is 39.2 Å². The average Bonchev–Trinajstić information content (AvgIpc) is 2.41. The van der Waals surface area contributed by atoms with Crippen LogP contribution in [0.2, 0.25) is 0 Å². The Balaban J connectivity index is 2.61. The van der Waals surface area contributed by atoms with Crippen LogP contribution in [-0.2, 0) is 9.47 Å². The third-order valence-corrected chi connectivity index (χ3v) is 2.75. The van der Waals surface area contributed by atoms with Gasteiger partial charge in [-0.15, -0.1) is 0 Å². The fourth-order valence-corrected chi connectivity index (χ4v) is 1.74. The lowest BCUT2D eigenvalue weighted by atomic mass is 10.1. The summed E-state index contributed by atoms with van der Waals surface area (Å²) in [5.74, 6) is 0. The molecule has 0 radical (unpaired) electrons. The molecule has 1 saturated heterocycles. The molecule has 1 heterocycles. The Bertz CT molecular complexity index is 394. The van der Waals surface area contributed by atoms with Gasteiger partial charge in [-0.3, -0.25) is 0 Å². The van der Waals surface area contributed by atoms with E-state index in [9.17, 15) is 9.59 Å². The maximum absolute atomic E-state index is 12.1. The molecule has 1 fully saturated rings. The normalized spacial score (nSPS) is 15.3. The number of carbonyl (C=O) groups is 2. The number of nitrogens with two attached hydrogens (primary N) is 1. The Morgan fingerprint density at radius 3 is 2.52 bits per heavy atom. The predicted molar refractivity (Wildman–Crippen MR) is 78.7 cm³/mol. The highest BCUT2D eigenvalue weighted by molar-refractivity contribution is 5.91. The van der Waals surface area contributed by atoms with E-state index in [2.05, 4.69) is 5.32 Å². The van der Waals surface area contributed by atoms with E-state index in [1.54, 1.807) is 27.0 Å². The molecular formula is C14H25N3O4. The molecular weight excluding hydrogens is 274 g/mol. The predicted octanol–water partition coefficient (Wildman–Crippen LogP) is 1.59. The number of nitrogens with zero attached hydrogens (tertiary/aromatic N) is 1. The van der Waals surface area contributed by atoms with Crippen molar-refractivity contribution in [3.63, 3.8) is 0 Å². The molecule has 0 bridgehead atoms. The van der Waals surface area contributed by atoms with E-state index in [4.69, 9.17) is 15.2 Å². The van der Waals surface area contributed by atoms with Crippen LogP contribution in [0.1, 0.15) is 33.6 Å². The van der Waals surface area contributed by atoms with E-state index in [0.717, 1.165) is 23.3 Å². The molecule has 0 aromatic rings. The van der Waals surface area contributed by atoms with Crippen molar-refractivity contribution >= 4 is 12.1 Å². The van der Waals surface area contributed by atoms with E-state index in [1.165, 1.54) is 0 Å². The first kappa shape index (κ1) is 17.5. The summed E-state index contributed by atoms with van der Waals surface area (Å²) in [5, 5.41) is 2.62. The van der Waals surface area contributed by atoms with Crippen LogP contribution in [0.25, 0.3) is 0 Å². The third-order valence-electron chi connectivity index (χ3n) is 2.75. The van der Waals surface area contributed by atoms with Gasteiger partial charge in [-0.2, -0.15) is 0 Å². The Hall–Kier alpha value is -1.60. The number of carbonyl (C=O) groups excluding carboxylic acids is 2. The van der Waals surface area contributed by atoms with Gasteiger partial charge >= 0.3 is 12.1 Å². The van der Waals surface area contributed by atoms with Crippen molar-refractivity contribution in [1.82, 2.24) is 10.2 Å². The van der Waals surface area contributed by atoms with Gasteiger partial charge in [0.15, 0.2) is 0 Å². The average molecular weight is 299 g/mol. The molecule has 7 nitrogen and oxygen atoms in total. The zero-order chi connectivity index (χ0) is 15.9. The van der Waals surface area contributed by atoms with Crippen LogP contribution in [0.4, 0.5) is 9.59 Å². The van der Waals surface area contributed by atoms with Crippen LogP contribution >= 0.6 is 0 Å².